The molecule has 0 bridgehead atoms. The largest absolute Gasteiger partial charge is 0.488 e. The molecule has 0 atom stereocenters. The van der Waals surface area contributed by atoms with Crippen LogP contribution >= 0.6 is 50.9 Å². The first kappa shape index (κ1) is 24.9. The zero-order valence-corrected chi connectivity index (χ0v) is 22.6. The van der Waals surface area contributed by atoms with E-state index in [1.54, 1.807) is 18.2 Å². The molecule has 1 saturated heterocycles. The number of ether oxygens (including phenoxy) is 1. The molecular weight excluding hydrogens is 581 g/mol. The number of rotatable bonds is 6. The number of halogens is 3. The van der Waals surface area contributed by atoms with Gasteiger partial charge in [0, 0.05) is 10.0 Å². The van der Waals surface area contributed by atoms with Gasteiger partial charge < -0.3 is 4.74 Å². The van der Waals surface area contributed by atoms with Gasteiger partial charge in [-0.2, -0.15) is 0 Å². The molecule has 8 heteroatoms. The van der Waals surface area contributed by atoms with Crippen LogP contribution in [0.1, 0.15) is 16.7 Å². The maximum absolute atomic E-state index is 13.2. The van der Waals surface area contributed by atoms with Crippen LogP contribution in [0, 0.1) is 0 Å². The molecule has 1 aliphatic rings. The number of fused-ring (bicyclic) bond motifs is 1. The Balaban J connectivity index is 1.39. The molecule has 0 saturated carbocycles. The predicted molar refractivity (Wildman–Crippen MR) is 150 cm³/mol. The Morgan fingerprint density at radius 3 is 2.56 bits per heavy atom. The Labute approximate surface area is 231 Å². The highest BCUT2D eigenvalue weighted by Crippen LogP contribution is 2.36. The monoisotopic (exact) mass is 597 g/mol. The summed E-state index contributed by atoms with van der Waals surface area (Å²) < 4.78 is 6.85. The molecule has 0 spiro atoms. The van der Waals surface area contributed by atoms with Crippen molar-refractivity contribution in [1.29, 1.82) is 0 Å². The molecule has 0 radical (unpaired) electrons. The van der Waals surface area contributed by atoms with Gasteiger partial charge in [0.2, 0.25) is 0 Å². The summed E-state index contributed by atoms with van der Waals surface area (Å²) in [6, 6.07) is 24.6. The summed E-state index contributed by atoms with van der Waals surface area (Å²) in [5.41, 5.74) is 2.46. The molecule has 0 unspecified atom stereocenters. The summed E-state index contributed by atoms with van der Waals surface area (Å²) in [6.45, 7) is 0.477. The number of benzene rings is 4. The first-order valence-electron chi connectivity index (χ1n) is 11.0. The van der Waals surface area contributed by atoms with Crippen molar-refractivity contribution in [2.75, 3.05) is 0 Å². The fourth-order valence-corrected chi connectivity index (χ4v) is 5.46. The number of hydrogen-bond acceptors (Lipinski definition) is 4. The normalized spacial score (nSPS) is 14.8. The summed E-state index contributed by atoms with van der Waals surface area (Å²) in [6.07, 6.45) is 1.70. The second kappa shape index (κ2) is 10.7. The van der Waals surface area contributed by atoms with Crippen LogP contribution in [0.15, 0.2) is 88.2 Å². The van der Waals surface area contributed by atoms with E-state index in [4.69, 9.17) is 27.9 Å². The lowest BCUT2D eigenvalue weighted by Crippen LogP contribution is -2.27. The van der Waals surface area contributed by atoms with Crippen molar-refractivity contribution in [1.82, 2.24) is 4.90 Å². The Bertz CT molecular complexity index is 1530. The van der Waals surface area contributed by atoms with Crippen LogP contribution in [0.3, 0.4) is 0 Å². The second-order valence-electron chi connectivity index (χ2n) is 8.13. The van der Waals surface area contributed by atoms with E-state index in [9.17, 15) is 9.59 Å². The lowest BCUT2D eigenvalue weighted by Gasteiger charge is -2.14. The van der Waals surface area contributed by atoms with Crippen LogP contribution in [0.5, 0.6) is 5.75 Å². The van der Waals surface area contributed by atoms with Gasteiger partial charge >= 0.3 is 0 Å². The minimum Gasteiger partial charge on any atom is -0.488 e. The summed E-state index contributed by atoms with van der Waals surface area (Å²) in [4.78, 5) is 27.7. The lowest BCUT2D eigenvalue weighted by atomic mass is 10.0. The van der Waals surface area contributed by atoms with Crippen molar-refractivity contribution < 1.29 is 14.3 Å². The highest BCUT2D eigenvalue weighted by molar-refractivity contribution is 9.10. The number of amides is 2. The van der Waals surface area contributed by atoms with E-state index in [2.05, 4.69) is 15.9 Å². The summed E-state index contributed by atoms with van der Waals surface area (Å²) in [5, 5.41) is 2.72. The Morgan fingerprint density at radius 2 is 1.72 bits per heavy atom. The Morgan fingerprint density at radius 1 is 0.917 bits per heavy atom. The summed E-state index contributed by atoms with van der Waals surface area (Å²) in [5.74, 6) is 0.249. The molecule has 5 rings (SSSR count). The molecule has 2 amide bonds. The van der Waals surface area contributed by atoms with Crippen molar-refractivity contribution in [3.8, 4) is 5.75 Å². The number of hydrogen-bond donors (Lipinski definition) is 0. The zero-order valence-electron chi connectivity index (χ0n) is 18.7. The van der Waals surface area contributed by atoms with Crippen LogP contribution in [0.4, 0.5) is 4.79 Å². The molecule has 1 aliphatic heterocycles. The third-order valence-electron chi connectivity index (χ3n) is 5.72. The molecule has 180 valence electrons. The third kappa shape index (κ3) is 5.32. The third-order valence-corrected chi connectivity index (χ3v) is 7.86. The average Bonchev–Trinajstić information content (AvgIpc) is 3.13. The van der Waals surface area contributed by atoms with E-state index < -0.39 is 0 Å². The van der Waals surface area contributed by atoms with Crippen LogP contribution in [-0.2, 0) is 17.9 Å². The molecule has 1 heterocycles. The number of thioether (sulfide) groups is 1. The van der Waals surface area contributed by atoms with Gasteiger partial charge in [-0.25, -0.2) is 0 Å². The number of carbonyl (C=O) groups excluding carboxylic acids is 2. The summed E-state index contributed by atoms with van der Waals surface area (Å²) in [7, 11) is 0. The standard InChI is InChI=1S/C28H18BrCl2NO3S/c29-21-9-11-25(35-16-17-8-10-23(30)24(31)12-17)20(13-21)14-26-27(33)32(28(34)36-26)15-19-6-3-5-18-4-1-2-7-22(18)19/h1-14H,15-16H2/b26-14+. The SMILES string of the molecule is O=C1S/C(=C/c2cc(Br)ccc2OCc2ccc(Cl)c(Cl)c2)C(=O)N1Cc1cccc2ccccc12. The van der Waals surface area contributed by atoms with Crippen molar-refractivity contribution in [3.63, 3.8) is 0 Å². The quantitative estimate of drug-likeness (QED) is 0.208. The van der Waals surface area contributed by atoms with Gasteiger partial charge in [-0.1, -0.05) is 87.7 Å². The first-order chi connectivity index (χ1) is 17.4. The highest BCUT2D eigenvalue weighted by atomic mass is 79.9. The smallest absolute Gasteiger partial charge is 0.293 e. The molecule has 4 aromatic rings. The van der Waals surface area contributed by atoms with Crippen molar-refractivity contribution in [3.05, 3.63) is 115 Å². The van der Waals surface area contributed by atoms with E-state index in [1.165, 1.54) is 4.90 Å². The van der Waals surface area contributed by atoms with Crippen LogP contribution in [0.2, 0.25) is 10.0 Å². The van der Waals surface area contributed by atoms with E-state index in [0.717, 1.165) is 38.1 Å². The first-order valence-corrected chi connectivity index (χ1v) is 13.3. The van der Waals surface area contributed by atoms with Gasteiger partial charge in [0.1, 0.15) is 12.4 Å². The van der Waals surface area contributed by atoms with Crippen LogP contribution in [0.25, 0.3) is 16.8 Å². The lowest BCUT2D eigenvalue weighted by molar-refractivity contribution is -0.123. The van der Waals surface area contributed by atoms with Gasteiger partial charge in [-0.15, -0.1) is 0 Å². The molecule has 36 heavy (non-hydrogen) atoms. The van der Waals surface area contributed by atoms with Crippen molar-refractivity contribution >= 4 is 78.9 Å². The maximum atomic E-state index is 13.2. The predicted octanol–water partition coefficient (Wildman–Crippen LogP) is 8.72. The van der Waals surface area contributed by atoms with Gasteiger partial charge in [-0.05, 0) is 70.1 Å². The molecule has 4 aromatic carbocycles. The number of carbonyl (C=O) groups is 2. The fraction of sp³-hybridized carbons (Fsp3) is 0.0714. The number of imide groups is 1. The highest BCUT2D eigenvalue weighted by Gasteiger charge is 2.35. The molecule has 0 aromatic heterocycles. The zero-order chi connectivity index (χ0) is 25.2. The topological polar surface area (TPSA) is 46.6 Å². The minimum atomic E-state index is -0.326. The number of nitrogens with zero attached hydrogens (tertiary/aromatic N) is 1. The second-order valence-corrected chi connectivity index (χ2v) is 10.8. The maximum Gasteiger partial charge on any atom is 0.293 e. The fourth-order valence-electron chi connectivity index (χ4n) is 3.93. The molecule has 1 fully saturated rings. The minimum absolute atomic E-state index is 0.211. The molecule has 0 N–H and O–H groups in total. The van der Waals surface area contributed by atoms with E-state index in [1.807, 2.05) is 66.7 Å². The molecule has 0 aliphatic carbocycles. The Hall–Kier alpha value is -2.77. The van der Waals surface area contributed by atoms with E-state index in [0.29, 0.717) is 26.3 Å². The Kier molecular flexibility index (Phi) is 7.39. The van der Waals surface area contributed by atoms with Gasteiger partial charge in [0.25, 0.3) is 11.1 Å². The van der Waals surface area contributed by atoms with Gasteiger partial charge in [0.15, 0.2) is 0 Å². The van der Waals surface area contributed by atoms with Crippen molar-refractivity contribution in [2.45, 2.75) is 13.2 Å². The van der Waals surface area contributed by atoms with Gasteiger partial charge in [-0.3, -0.25) is 14.5 Å². The van der Waals surface area contributed by atoms with Crippen LogP contribution < -0.4 is 4.74 Å². The van der Waals surface area contributed by atoms with Gasteiger partial charge in [0.05, 0.1) is 21.5 Å². The van der Waals surface area contributed by atoms with Crippen LogP contribution in [-0.4, -0.2) is 16.0 Å². The summed E-state index contributed by atoms with van der Waals surface area (Å²) >= 11 is 16.5. The molecule has 4 nitrogen and oxygen atoms in total. The van der Waals surface area contributed by atoms with E-state index in [-0.39, 0.29) is 24.3 Å². The van der Waals surface area contributed by atoms with E-state index >= 15 is 0 Å². The molecular formula is C28H18BrCl2NO3S. The average molecular weight is 599 g/mol. The van der Waals surface area contributed by atoms with Crippen molar-refractivity contribution in [2.24, 2.45) is 0 Å².